The molecule has 0 aliphatic heterocycles. The van der Waals surface area contributed by atoms with Crippen molar-refractivity contribution < 1.29 is 4.79 Å². The summed E-state index contributed by atoms with van der Waals surface area (Å²) in [5.41, 5.74) is 2.65. The molecular weight excluding hydrogens is 302 g/mol. The van der Waals surface area contributed by atoms with Gasteiger partial charge in [0.05, 0.1) is 0 Å². The second kappa shape index (κ2) is 6.31. The number of carbonyl (C=O) groups excluding carboxylic acids is 1. The molecule has 114 valence electrons. The molecule has 23 heavy (non-hydrogen) atoms. The first kappa shape index (κ1) is 15.4. The van der Waals surface area contributed by atoms with Gasteiger partial charge in [-0.05, 0) is 35.4 Å². The van der Waals surface area contributed by atoms with Gasteiger partial charge in [0.2, 0.25) is 0 Å². The Bertz CT molecular complexity index is 887. The maximum Gasteiger partial charge on any atom is 0.258 e. The molecule has 0 aromatic heterocycles. The van der Waals surface area contributed by atoms with E-state index < -0.39 is 0 Å². The summed E-state index contributed by atoms with van der Waals surface area (Å²) in [6.07, 6.45) is 0. The van der Waals surface area contributed by atoms with E-state index in [1.165, 1.54) is 0 Å². The summed E-state index contributed by atoms with van der Waals surface area (Å²) in [4.78, 5) is 14.7. The van der Waals surface area contributed by atoms with Gasteiger partial charge in [-0.1, -0.05) is 66.8 Å². The summed E-state index contributed by atoms with van der Waals surface area (Å²) in [7, 11) is 1.74. The molecule has 0 saturated heterocycles. The van der Waals surface area contributed by atoms with Crippen LogP contribution in [0.15, 0.2) is 66.7 Å². The molecule has 3 aromatic rings. The number of amides is 1. The number of hydrogen-bond donors (Lipinski definition) is 0. The predicted molar refractivity (Wildman–Crippen MR) is 98.9 cm³/mol. The third kappa shape index (κ3) is 2.88. The van der Waals surface area contributed by atoms with E-state index in [0.717, 1.165) is 21.9 Å². The molecule has 0 saturated carbocycles. The lowest BCUT2D eigenvalue weighted by molar-refractivity contribution is 0.0873. The second-order valence-electron chi connectivity index (χ2n) is 5.51. The first-order chi connectivity index (χ1) is 11.1. The van der Waals surface area contributed by atoms with Crippen LogP contribution in [-0.2, 0) is 0 Å². The van der Waals surface area contributed by atoms with E-state index in [1.54, 1.807) is 24.1 Å². The number of carbonyl (C=O) groups is 1. The molecular formula is C20H17NOS. The average molecular weight is 319 g/mol. The Morgan fingerprint density at radius 2 is 1.57 bits per heavy atom. The van der Waals surface area contributed by atoms with Gasteiger partial charge in [0, 0.05) is 18.2 Å². The predicted octanol–water partition coefficient (Wildman–Crippen LogP) is 4.60. The molecule has 0 N–H and O–H groups in total. The van der Waals surface area contributed by atoms with Crippen LogP contribution in [0, 0.1) is 6.92 Å². The van der Waals surface area contributed by atoms with Crippen LogP contribution < -0.4 is 0 Å². The third-order valence-corrected chi connectivity index (χ3v) is 4.46. The van der Waals surface area contributed by atoms with E-state index in [1.807, 2.05) is 49.4 Å². The summed E-state index contributed by atoms with van der Waals surface area (Å²) >= 11 is 5.64. The number of thiocarbonyl (C=S) groups is 1. The Balaban J connectivity index is 2.04. The van der Waals surface area contributed by atoms with Gasteiger partial charge >= 0.3 is 0 Å². The highest BCUT2D eigenvalue weighted by atomic mass is 32.1. The van der Waals surface area contributed by atoms with Gasteiger partial charge in [0.25, 0.3) is 5.91 Å². The highest BCUT2D eigenvalue weighted by Gasteiger charge is 2.19. The van der Waals surface area contributed by atoms with Crippen molar-refractivity contribution in [3.63, 3.8) is 0 Å². The first-order valence-corrected chi connectivity index (χ1v) is 7.86. The standard InChI is InChI=1S/C20H17NOS/c1-14-12-13-15-8-6-7-11-17(15)18(14)20(23)21(2)19(22)16-9-4-3-5-10-16/h3-13H,1-2H3. The van der Waals surface area contributed by atoms with Gasteiger partial charge in [-0.3, -0.25) is 4.79 Å². The van der Waals surface area contributed by atoms with Gasteiger partial charge in [0.15, 0.2) is 0 Å². The molecule has 0 heterocycles. The molecule has 3 heteroatoms. The topological polar surface area (TPSA) is 20.3 Å². The van der Waals surface area contributed by atoms with Crippen LogP contribution in [0.1, 0.15) is 21.5 Å². The number of rotatable bonds is 2. The molecule has 0 aliphatic carbocycles. The fraction of sp³-hybridized carbons (Fsp3) is 0.100. The minimum absolute atomic E-state index is 0.0945. The molecule has 3 rings (SSSR count). The number of aryl methyl sites for hydroxylation is 1. The quantitative estimate of drug-likeness (QED) is 0.644. The number of benzene rings is 3. The Labute approximate surface area is 141 Å². The molecule has 0 unspecified atom stereocenters. The number of hydrogen-bond acceptors (Lipinski definition) is 2. The largest absolute Gasteiger partial charge is 0.302 e. The van der Waals surface area contributed by atoms with E-state index in [2.05, 4.69) is 12.1 Å². The van der Waals surface area contributed by atoms with E-state index in [-0.39, 0.29) is 5.91 Å². The molecule has 0 aliphatic rings. The molecule has 0 fully saturated rings. The monoisotopic (exact) mass is 319 g/mol. The summed E-state index contributed by atoms with van der Waals surface area (Å²) < 4.78 is 0. The van der Waals surface area contributed by atoms with Crippen LogP contribution >= 0.6 is 12.2 Å². The lowest BCUT2D eigenvalue weighted by Gasteiger charge is -2.21. The summed E-state index contributed by atoms with van der Waals surface area (Å²) in [6.45, 7) is 2.02. The van der Waals surface area contributed by atoms with Crippen LogP contribution in [0.3, 0.4) is 0 Å². The minimum atomic E-state index is -0.0945. The van der Waals surface area contributed by atoms with Gasteiger partial charge < -0.3 is 4.90 Å². The second-order valence-corrected chi connectivity index (χ2v) is 5.90. The summed E-state index contributed by atoms with van der Waals surface area (Å²) in [5.74, 6) is -0.0945. The van der Waals surface area contributed by atoms with Crippen LogP contribution in [0.25, 0.3) is 10.8 Å². The number of fused-ring (bicyclic) bond motifs is 1. The molecule has 3 aromatic carbocycles. The fourth-order valence-electron chi connectivity index (χ4n) is 2.70. The fourth-order valence-corrected chi connectivity index (χ4v) is 3.05. The van der Waals surface area contributed by atoms with Gasteiger partial charge in [-0.2, -0.15) is 0 Å². The Hall–Kier alpha value is -2.52. The molecule has 2 nitrogen and oxygen atoms in total. The van der Waals surface area contributed by atoms with Crippen molar-refractivity contribution in [2.24, 2.45) is 0 Å². The normalized spacial score (nSPS) is 10.5. The Morgan fingerprint density at radius 1 is 0.913 bits per heavy atom. The van der Waals surface area contributed by atoms with Crippen molar-refractivity contribution in [1.82, 2.24) is 4.90 Å². The molecule has 0 radical (unpaired) electrons. The van der Waals surface area contributed by atoms with Crippen LogP contribution in [0.2, 0.25) is 0 Å². The molecule has 0 bridgehead atoms. The van der Waals surface area contributed by atoms with E-state index in [0.29, 0.717) is 10.6 Å². The number of nitrogens with zero attached hydrogens (tertiary/aromatic N) is 1. The molecule has 0 spiro atoms. The SMILES string of the molecule is Cc1ccc2ccccc2c1C(=S)N(C)C(=O)c1ccccc1. The van der Waals surface area contributed by atoms with Crippen molar-refractivity contribution in [1.29, 1.82) is 0 Å². The summed E-state index contributed by atoms with van der Waals surface area (Å²) in [6, 6.07) is 21.4. The van der Waals surface area contributed by atoms with Crippen molar-refractivity contribution in [3.05, 3.63) is 83.4 Å². The van der Waals surface area contributed by atoms with Crippen LogP contribution in [0.5, 0.6) is 0 Å². The van der Waals surface area contributed by atoms with Crippen LogP contribution in [0.4, 0.5) is 0 Å². The molecule has 0 atom stereocenters. The van der Waals surface area contributed by atoms with Crippen molar-refractivity contribution in [2.75, 3.05) is 7.05 Å². The minimum Gasteiger partial charge on any atom is -0.302 e. The lowest BCUT2D eigenvalue weighted by Crippen LogP contribution is -2.33. The highest BCUT2D eigenvalue weighted by molar-refractivity contribution is 7.80. The van der Waals surface area contributed by atoms with Crippen molar-refractivity contribution in [3.8, 4) is 0 Å². The van der Waals surface area contributed by atoms with Crippen molar-refractivity contribution in [2.45, 2.75) is 6.92 Å². The van der Waals surface area contributed by atoms with Crippen molar-refractivity contribution >= 4 is 33.9 Å². The Kier molecular flexibility index (Phi) is 4.22. The zero-order valence-electron chi connectivity index (χ0n) is 13.1. The van der Waals surface area contributed by atoms with Gasteiger partial charge in [0.1, 0.15) is 4.99 Å². The van der Waals surface area contributed by atoms with E-state index in [4.69, 9.17) is 12.2 Å². The third-order valence-electron chi connectivity index (χ3n) is 3.98. The maximum absolute atomic E-state index is 12.6. The smallest absolute Gasteiger partial charge is 0.258 e. The zero-order chi connectivity index (χ0) is 16.4. The zero-order valence-corrected chi connectivity index (χ0v) is 13.9. The van der Waals surface area contributed by atoms with Gasteiger partial charge in [-0.15, -0.1) is 0 Å². The first-order valence-electron chi connectivity index (χ1n) is 7.45. The van der Waals surface area contributed by atoms with E-state index >= 15 is 0 Å². The maximum atomic E-state index is 12.6. The lowest BCUT2D eigenvalue weighted by atomic mass is 9.99. The van der Waals surface area contributed by atoms with Crippen LogP contribution in [-0.4, -0.2) is 22.8 Å². The Morgan fingerprint density at radius 3 is 2.30 bits per heavy atom. The molecule has 1 amide bonds. The van der Waals surface area contributed by atoms with Gasteiger partial charge in [-0.25, -0.2) is 0 Å². The highest BCUT2D eigenvalue weighted by Crippen LogP contribution is 2.24. The average Bonchev–Trinajstić information content (AvgIpc) is 2.60. The van der Waals surface area contributed by atoms with E-state index in [9.17, 15) is 4.79 Å². The summed E-state index contributed by atoms with van der Waals surface area (Å²) in [5, 5.41) is 2.20.